The monoisotopic (exact) mass is 406 g/mol. The number of methoxy groups -OCH3 is 2. The van der Waals surface area contributed by atoms with E-state index >= 15 is 0 Å². The molecular formula is C24H38O5. The first-order valence-corrected chi connectivity index (χ1v) is 10.3. The molecule has 0 heterocycles. The van der Waals surface area contributed by atoms with E-state index in [1.54, 1.807) is 0 Å². The zero-order valence-electron chi connectivity index (χ0n) is 19.0. The molecule has 5 nitrogen and oxygen atoms in total. The third-order valence-electron chi connectivity index (χ3n) is 5.43. The van der Waals surface area contributed by atoms with Gasteiger partial charge >= 0.3 is 0 Å². The van der Waals surface area contributed by atoms with Gasteiger partial charge in [-0.05, 0) is 53.4 Å². The Labute approximate surface area is 175 Å². The van der Waals surface area contributed by atoms with Gasteiger partial charge in [-0.15, -0.1) is 0 Å². The zero-order chi connectivity index (χ0) is 22.1. The number of hydrogen-bond donors (Lipinski definition) is 2. The maximum atomic E-state index is 12.5. The van der Waals surface area contributed by atoms with E-state index in [2.05, 4.69) is 19.1 Å². The lowest BCUT2D eigenvalue weighted by atomic mass is 9.77. The molecule has 5 heteroatoms. The largest absolute Gasteiger partial charge is 0.494 e. The van der Waals surface area contributed by atoms with E-state index in [1.807, 2.05) is 33.8 Å². The highest BCUT2D eigenvalue weighted by atomic mass is 16.5. The number of carbonyl (C=O) groups is 1. The lowest BCUT2D eigenvalue weighted by Gasteiger charge is -2.33. The summed E-state index contributed by atoms with van der Waals surface area (Å²) >= 11 is 0. The van der Waals surface area contributed by atoms with Gasteiger partial charge in [0.2, 0.25) is 11.5 Å². The molecule has 0 amide bonds. The first-order valence-electron chi connectivity index (χ1n) is 10.3. The Morgan fingerprint density at radius 3 is 2.31 bits per heavy atom. The van der Waals surface area contributed by atoms with E-state index in [0.717, 1.165) is 18.4 Å². The number of Topliss-reactive ketones (excluding diaryl/α,β-unsaturated/α-hetero) is 1. The SMILES string of the molecule is COC1=C(OC)[C@@H](O)[C@@H](C/C=C(\C)CC/C=C(\C)C[C@H](O)C=C(C)C)[C@H](C)C1=O. The molecule has 0 aromatic heterocycles. The molecule has 1 aliphatic rings. The fourth-order valence-electron chi connectivity index (χ4n) is 3.71. The minimum absolute atomic E-state index is 0.125. The van der Waals surface area contributed by atoms with E-state index in [0.29, 0.717) is 12.8 Å². The number of allylic oxidation sites excluding steroid dienone is 5. The van der Waals surface area contributed by atoms with E-state index < -0.39 is 12.2 Å². The highest BCUT2D eigenvalue weighted by Crippen LogP contribution is 2.35. The van der Waals surface area contributed by atoms with Crippen molar-refractivity contribution in [3.63, 3.8) is 0 Å². The van der Waals surface area contributed by atoms with Crippen molar-refractivity contribution < 1.29 is 24.5 Å². The van der Waals surface area contributed by atoms with Crippen molar-refractivity contribution in [2.24, 2.45) is 11.8 Å². The van der Waals surface area contributed by atoms with Gasteiger partial charge in [-0.2, -0.15) is 0 Å². The van der Waals surface area contributed by atoms with Crippen LogP contribution in [0, 0.1) is 11.8 Å². The first kappa shape index (κ1) is 25.2. The average molecular weight is 407 g/mol. The first-order chi connectivity index (χ1) is 13.6. The summed E-state index contributed by atoms with van der Waals surface area (Å²) in [5.74, 6) is -0.343. The quantitative estimate of drug-likeness (QED) is 0.524. The summed E-state index contributed by atoms with van der Waals surface area (Å²) in [6, 6.07) is 0. The molecular weight excluding hydrogens is 368 g/mol. The fourth-order valence-corrected chi connectivity index (χ4v) is 3.71. The van der Waals surface area contributed by atoms with E-state index in [1.165, 1.54) is 25.4 Å². The molecule has 0 radical (unpaired) electrons. The van der Waals surface area contributed by atoms with Crippen LogP contribution in [0.15, 0.2) is 46.5 Å². The molecule has 0 spiro atoms. The van der Waals surface area contributed by atoms with Crippen molar-refractivity contribution in [1.29, 1.82) is 0 Å². The molecule has 2 N–H and O–H groups in total. The Morgan fingerprint density at radius 1 is 1.10 bits per heavy atom. The smallest absolute Gasteiger partial charge is 0.204 e. The van der Waals surface area contributed by atoms with Gasteiger partial charge in [0.25, 0.3) is 0 Å². The molecule has 0 aromatic carbocycles. The predicted molar refractivity (Wildman–Crippen MR) is 116 cm³/mol. The van der Waals surface area contributed by atoms with Crippen molar-refractivity contribution in [3.05, 3.63) is 46.5 Å². The third-order valence-corrected chi connectivity index (χ3v) is 5.43. The van der Waals surface area contributed by atoms with Crippen molar-refractivity contribution >= 4 is 5.78 Å². The number of aliphatic hydroxyl groups excluding tert-OH is 2. The van der Waals surface area contributed by atoms with Crippen LogP contribution >= 0.6 is 0 Å². The summed E-state index contributed by atoms with van der Waals surface area (Å²) in [7, 11) is 2.87. The molecule has 0 bridgehead atoms. The number of aliphatic hydroxyl groups is 2. The highest BCUT2D eigenvalue weighted by Gasteiger charge is 2.42. The van der Waals surface area contributed by atoms with Crippen LogP contribution in [0.25, 0.3) is 0 Å². The Kier molecular flexibility index (Phi) is 10.4. The molecule has 0 fully saturated rings. The molecule has 4 atom stereocenters. The van der Waals surface area contributed by atoms with Gasteiger partial charge in [-0.25, -0.2) is 0 Å². The number of carbonyl (C=O) groups excluding carboxylic acids is 1. The molecule has 164 valence electrons. The second kappa shape index (κ2) is 12.0. The summed E-state index contributed by atoms with van der Waals surface area (Å²) in [5, 5.41) is 20.6. The van der Waals surface area contributed by atoms with Crippen LogP contribution in [0.4, 0.5) is 0 Å². The Morgan fingerprint density at radius 2 is 1.76 bits per heavy atom. The molecule has 1 aliphatic carbocycles. The van der Waals surface area contributed by atoms with E-state index in [9.17, 15) is 15.0 Å². The van der Waals surface area contributed by atoms with Gasteiger partial charge in [-0.1, -0.05) is 41.9 Å². The second-order valence-corrected chi connectivity index (χ2v) is 8.25. The molecule has 29 heavy (non-hydrogen) atoms. The third kappa shape index (κ3) is 7.48. The van der Waals surface area contributed by atoms with Crippen LogP contribution in [0.3, 0.4) is 0 Å². The van der Waals surface area contributed by atoms with E-state index in [4.69, 9.17) is 9.47 Å². The van der Waals surface area contributed by atoms with Crippen LogP contribution in [0.1, 0.15) is 60.3 Å². The molecule has 0 saturated carbocycles. The van der Waals surface area contributed by atoms with Gasteiger partial charge in [0.15, 0.2) is 5.76 Å². The van der Waals surface area contributed by atoms with Crippen LogP contribution in [-0.4, -0.2) is 42.4 Å². The van der Waals surface area contributed by atoms with Crippen LogP contribution in [0.2, 0.25) is 0 Å². The molecule has 0 aliphatic heterocycles. The number of ketones is 1. The summed E-state index contributed by atoms with van der Waals surface area (Å²) in [6.07, 6.45) is 7.90. The van der Waals surface area contributed by atoms with Crippen molar-refractivity contribution in [3.8, 4) is 0 Å². The van der Waals surface area contributed by atoms with Crippen molar-refractivity contribution in [2.45, 2.75) is 72.5 Å². The topological polar surface area (TPSA) is 76.0 Å². The average Bonchev–Trinajstić information content (AvgIpc) is 2.63. The normalized spacial score (nSPS) is 24.4. The van der Waals surface area contributed by atoms with Crippen LogP contribution in [-0.2, 0) is 14.3 Å². The number of rotatable bonds is 10. The predicted octanol–water partition coefficient (Wildman–Crippen LogP) is 4.47. The van der Waals surface area contributed by atoms with Gasteiger partial charge in [0.05, 0.1) is 20.3 Å². The van der Waals surface area contributed by atoms with Gasteiger partial charge in [0.1, 0.15) is 6.10 Å². The van der Waals surface area contributed by atoms with E-state index in [-0.39, 0.29) is 29.1 Å². The van der Waals surface area contributed by atoms with Crippen molar-refractivity contribution in [2.75, 3.05) is 14.2 Å². The lowest BCUT2D eigenvalue weighted by Crippen LogP contribution is -2.40. The van der Waals surface area contributed by atoms with Crippen LogP contribution < -0.4 is 0 Å². The van der Waals surface area contributed by atoms with Crippen LogP contribution in [0.5, 0.6) is 0 Å². The van der Waals surface area contributed by atoms with Gasteiger partial charge in [-0.3, -0.25) is 4.79 Å². The Balaban J connectivity index is 2.67. The summed E-state index contributed by atoms with van der Waals surface area (Å²) in [4.78, 5) is 12.5. The summed E-state index contributed by atoms with van der Waals surface area (Å²) in [6.45, 7) is 9.90. The summed E-state index contributed by atoms with van der Waals surface area (Å²) < 4.78 is 10.4. The Bertz CT molecular complexity index is 679. The molecule has 0 unspecified atom stereocenters. The Hall–Kier alpha value is -1.85. The fraction of sp³-hybridized carbons (Fsp3) is 0.625. The highest BCUT2D eigenvalue weighted by molar-refractivity contribution is 5.97. The lowest BCUT2D eigenvalue weighted by molar-refractivity contribution is -0.128. The minimum Gasteiger partial charge on any atom is -0.494 e. The summed E-state index contributed by atoms with van der Waals surface area (Å²) in [5.41, 5.74) is 3.50. The van der Waals surface area contributed by atoms with Crippen molar-refractivity contribution in [1.82, 2.24) is 0 Å². The number of ether oxygens (including phenoxy) is 2. The second-order valence-electron chi connectivity index (χ2n) is 8.25. The zero-order valence-corrected chi connectivity index (χ0v) is 19.0. The molecule has 0 aromatic rings. The van der Waals surface area contributed by atoms with Gasteiger partial charge in [0, 0.05) is 11.8 Å². The minimum atomic E-state index is -0.856. The number of hydrogen-bond acceptors (Lipinski definition) is 5. The standard InChI is InChI=1S/C24H38O5/c1-15(2)13-19(25)14-17(4)10-8-9-16(3)11-12-20-18(5)21(26)23(28-6)24(29-7)22(20)27/h10-11,13,18-20,22,25,27H,8-9,12,14H2,1-7H3/b16-11+,17-10+/t18-,19+,20-,22-/m0/s1. The maximum Gasteiger partial charge on any atom is 0.204 e. The maximum absolute atomic E-state index is 12.5. The van der Waals surface area contributed by atoms with Gasteiger partial charge < -0.3 is 19.7 Å². The molecule has 0 saturated heterocycles. The molecule has 1 rings (SSSR count).